The second-order valence-electron chi connectivity index (χ2n) is 7.10. The maximum atomic E-state index is 13.2. The highest BCUT2D eigenvalue weighted by Crippen LogP contribution is 2.29. The van der Waals surface area contributed by atoms with E-state index in [1.54, 1.807) is 25.1 Å². The predicted octanol–water partition coefficient (Wildman–Crippen LogP) is 0.709. The summed E-state index contributed by atoms with van der Waals surface area (Å²) in [6, 6.07) is 4.55. The fourth-order valence-electron chi connectivity index (χ4n) is 3.54. The summed E-state index contributed by atoms with van der Waals surface area (Å²) < 4.78 is 1.36. The van der Waals surface area contributed by atoms with E-state index in [0.29, 0.717) is 22.3 Å². The normalized spacial score (nSPS) is 19.8. The molecule has 8 nitrogen and oxygen atoms in total. The number of nitrogens with zero attached hydrogens (tertiary/aromatic N) is 2. The molecular weight excluding hydrogens is 348 g/mol. The van der Waals surface area contributed by atoms with Crippen molar-refractivity contribution in [1.29, 1.82) is 0 Å². The molecule has 1 unspecified atom stereocenters. The van der Waals surface area contributed by atoms with Crippen LogP contribution in [0.5, 0.6) is 0 Å². The van der Waals surface area contributed by atoms with Gasteiger partial charge < -0.3 is 5.32 Å². The fraction of sp³-hybridized carbons (Fsp3) is 0.421. The van der Waals surface area contributed by atoms with Crippen LogP contribution in [0.3, 0.4) is 0 Å². The number of imide groups is 1. The van der Waals surface area contributed by atoms with Crippen molar-refractivity contribution < 1.29 is 14.4 Å². The average molecular weight is 368 g/mol. The van der Waals surface area contributed by atoms with Crippen LogP contribution in [0.25, 0.3) is 10.9 Å². The molecule has 2 N–H and O–H groups in total. The zero-order valence-corrected chi connectivity index (χ0v) is 14.9. The van der Waals surface area contributed by atoms with Gasteiger partial charge in [-0.1, -0.05) is 12.1 Å². The highest BCUT2D eigenvalue weighted by Gasteiger charge is 2.31. The van der Waals surface area contributed by atoms with Gasteiger partial charge in [0.05, 0.1) is 10.9 Å². The summed E-state index contributed by atoms with van der Waals surface area (Å²) in [5, 5.41) is 5.54. The van der Waals surface area contributed by atoms with Crippen LogP contribution in [0, 0.1) is 12.8 Å². The quantitative estimate of drug-likeness (QED) is 0.772. The van der Waals surface area contributed by atoms with Crippen molar-refractivity contribution in [3.63, 3.8) is 0 Å². The molecular formula is C19H20N4O4. The SMILES string of the molecule is Cc1nc2cccc(CNC(=O)C3CC3)c2c(=O)n1C1CCC(=O)NC1=O. The van der Waals surface area contributed by atoms with E-state index in [-0.39, 0.29) is 42.7 Å². The Morgan fingerprint density at radius 2 is 2.04 bits per heavy atom. The van der Waals surface area contributed by atoms with Gasteiger partial charge in [-0.15, -0.1) is 0 Å². The Kier molecular flexibility index (Phi) is 4.25. The van der Waals surface area contributed by atoms with Crippen molar-refractivity contribution in [3.05, 3.63) is 39.9 Å². The van der Waals surface area contributed by atoms with Gasteiger partial charge in [0.1, 0.15) is 11.9 Å². The standard InChI is InChI=1S/C19H20N4O4/c1-10-21-13-4-2-3-12(9-20-17(25)11-5-6-11)16(13)19(27)23(10)14-7-8-15(24)22-18(14)26/h2-4,11,14H,5-9H2,1H3,(H,20,25)(H,22,24,26). The molecule has 8 heteroatoms. The maximum Gasteiger partial charge on any atom is 0.262 e. The number of piperidine rings is 1. The van der Waals surface area contributed by atoms with Crippen molar-refractivity contribution in [2.24, 2.45) is 5.92 Å². The summed E-state index contributed by atoms with van der Waals surface area (Å²) in [6.45, 7) is 1.91. The molecule has 1 aliphatic carbocycles. The van der Waals surface area contributed by atoms with Gasteiger partial charge in [0.2, 0.25) is 17.7 Å². The molecule has 3 amide bonds. The first-order chi connectivity index (χ1) is 13.0. The van der Waals surface area contributed by atoms with Crippen molar-refractivity contribution in [3.8, 4) is 0 Å². The molecule has 1 atom stereocenters. The van der Waals surface area contributed by atoms with Crippen molar-refractivity contribution in [1.82, 2.24) is 20.2 Å². The van der Waals surface area contributed by atoms with E-state index in [4.69, 9.17) is 0 Å². The van der Waals surface area contributed by atoms with E-state index in [1.807, 2.05) is 0 Å². The van der Waals surface area contributed by atoms with Gasteiger partial charge in [-0.25, -0.2) is 4.98 Å². The van der Waals surface area contributed by atoms with Crippen molar-refractivity contribution in [2.75, 3.05) is 0 Å². The smallest absolute Gasteiger partial charge is 0.262 e. The van der Waals surface area contributed by atoms with Crippen LogP contribution in [0.1, 0.15) is 43.1 Å². The van der Waals surface area contributed by atoms with Crippen LogP contribution in [0.2, 0.25) is 0 Å². The molecule has 0 spiro atoms. The number of hydrogen-bond donors (Lipinski definition) is 2. The van der Waals surface area contributed by atoms with Crippen LogP contribution in [-0.4, -0.2) is 27.3 Å². The lowest BCUT2D eigenvalue weighted by atomic mass is 10.0. The summed E-state index contributed by atoms with van der Waals surface area (Å²) in [4.78, 5) is 53.3. The van der Waals surface area contributed by atoms with Gasteiger partial charge in [-0.05, 0) is 37.8 Å². The second kappa shape index (κ2) is 6.61. The summed E-state index contributed by atoms with van der Waals surface area (Å²) in [7, 11) is 0. The van der Waals surface area contributed by atoms with Crippen LogP contribution < -0.4 is 16.2 Å². The first-order valence-corrected chi connectivity index (χ1v) is 9.08. The van der Waals surface area contributed by atoms with E-state index < -0.39 is 11.9 Å². The monoisotopic (exact) mass is 368 g/mol. The van der Waals surface area contributed by atoms with Gasteiger partial charge in [0.15, 0.2) is 0 Å². The van der Waals surface area contributed by atoms with Crippen LogP contribution in [0.15, 0.2) is 23.0 Å². The summed E-state index contributed by atoms with van der Waals surface area (Å²) in [6.07, 6.45) is 2.26. The average Bonchev–Trinajstić information content (AvgIpc) is 3.46. The van der Waals surface area contributed by atoms with Crippen LogP contribution in [-0.2, 0) is 20.9 Å². The third-order valence-corrected chi connectivity index (χ3v) is 5.12. The molecule has 4 rings (SSSR count). The molecule has 2 aliphatic rings. The molecule has 1 saturated carbocycles. The van der Waals surface area contributed by atoms with Gasteiger partial charge >= 0.3 is 0 Å². The summed E-state index contributed by atoms with van der Waals surface area (Å²) in [5.41, 5.74) is 0.863. The van der Waals surface area contributed by atoms with E-state index in [9.17, 15) is 19.2 Å². The largest absolute Gasteiger partial charge is 0.352 e. The Morgan fingerprint density at radius 1 is 1.26 bits per heavy atom. The molecule has 2 aromatic rings. The third kappa shape index (κ3) is 3.22. The molecule has 0 bridgehead atoms. The lowest BCUT2D eigenvalue weighted by Gasteiger charge is -2.24. The number of hydrogen-bond acceptors (Lipinski definition) is 5. The molecule has 2 fully saturated rings. The topological polar surface area (TPSA) is 110 Å². The molecule has 1 aromatic carbocycles. The van der Waals surface area contributed by atoms with Crippen molar-refractivity contribution in [2.45, 2.75) is 45.2 Å². The Hall–Kier alpha value is -3.03. The number of carbonyl (C=O) groups excluding carboxylic acids is 3. The molecule has 27 heavy (non-hydrogen) atoms. The highest BCUT2D eigenvalue weighted by atomic mass is 16.2. The summed E-state index contributed by atoms with van der Waals surface area (Å²) in [5.74, 6) is -0.324. The fourth-order valence-corrected chi connectivity index (χ4v) is 3.54. The van der Waals surface area contributed by atoms with Gasteiger partial charge in [-0.2, -0.15) is 0 Å². The van der Waals surface area contributed by atoms with Crippen LogP contribution >= 0.6 is 0 Å². The number of nitrogens with one attached hydrogen (secondary N) is 2. The lowest BCUT2D eigenvalue weighted by Crippen LogP contribution is -2.45. The van der Waals surface area contributed by atoms with Gasteiger partial charge in [0.25, 0.3) is 5.56 Å². The zero-order valence-electron chi connectivity index (χ0n) is 14.9. The lowest BCUT2D eigenvalue weighted by molar-refractivity contribution is -0.135. The molecule has 1 aromatic heterocycles. The van der Waals surface area contributed by atoms with E-state index in [0.717, 1.165) is 12.8 Å². The number of fused-ring (bicyclic) bond motifs is 1. The maximum absolute atomic E-state index is 13.2. The first kappa shape index (κ1) is 17.4. The number of carbonyl (C=O) groups is 3. The molecule has 1 saturated heterocycles. The molecule has 1 aliphatic heterocycles. The first-order valence-electron chi connectivity index (χ1n) is 9.08. The highest BCUT2D eigenvalue weighted by molar-refractivity contribution is 5.99. The minimum atomic E-state index is -0.763. The Morgan fingerprint density at radius 3 is 2.74 bits per heavy atom. The summed E-state index contributed by atoms with van der Waals surface area (Å²) >= 11 is 0. The zero-order chi connectivity index (χ0) is 19.1. The van der Waals surface area contributed by atoms with Gasteiger partial charge in [0, 0.05) is 18.9 Å². The van der Waals surface area contributed by atoms with E-state index in [2.05, 4.69) is 15.6 Å². The van der Waals surface area contributed by atoms with E-state index >= 15 is 0 Å². The number of aromatic nitrogens is 2. The molecule has 0 radical (unpaired) electrons. The third-order valence-electron chi connectivity index (χ3n) is 5.12. The second-order valence-corrected chi connectivity index (χ2v) is 7.10. The Labute approximate surface area is 155 Å². The van der Waals surface area contributed by atoms with Crippen molar-refractivity contribution >= 4 is 28.6 Å². The minimum Gasteiger partial charge on any atom is -0.352 e. The number of rotatable bonds is 4. The van der Waals surface area contributed by atoms with E-state index in [1.165, 1.54) is 4.57 Å². The number of aryl methyl sites for hydroxylation is 1. The van der Waals surface area contributed by atoms with Crippen LogP contribution in [0.4, 0.5) is 0 Å². The predicted molar refractivity (Wildman–Crippen MR) is 96.7 cm³/mol. The molecule has 2 heterocycles. The number of amides is 3. The Balaban J connectivity index is 1.75. The Bertz CT molecular complexity index is 1020. The number of benzene rings is 1. The minimum absolute atomic E-state index is 0.00225. The molecule has 140 valence electrons. The van der Waals surface area contributed by atoms with Gasteiger partial charge in [-0.3, -0.25) is 29.1 Å².